The van der Waals surface area contributed by atoms with E-state index in [1.165, 1.54) is 0 Å². The van der Waals surface area contributed by atoms with Crippen LogP contribution in [0.25, 0.3) is 0 Å². The largest absolute Gasteiger partial charge is 0.511 e. The Morgan fingerprint density at radius 3 is 2.53 bits per heavy atom. The number of rotatable bonds is 4. The van der Waals surface area contributed by atoms with Gasteiger partial charge in [-0.25, -0.2) is 0 Å². The molecule has 110 valence electrons. The minimum absolute atomic E-state index is 0.0722. The standard InChI is InChI=1S/C13H24N2O2S2/c1-8(16)9-7-19-10(15-9)6-14-11(17)13(5,18)12(2,3)4/h9-10,15-16,18H,1,6-7H2,2-5H3,(H,14,17). The lowest BCUT2D eigenvalue weighted by Crippen LogP contribution is -2.51. The lowest BCUT2D eigenvalue weighted by molar-refractivity contribution is -0.125. The van der Waals surface area contributed by atoms with E-state index in [0.717, 1.165) is 5.75 Å². The Balaban J connectivity index is 2.46. The van der Waals surface area contributed by atoms with Gasteiger partial charge in [-0.3, -0.25) is 10.1 Å². The molecule has 0 bridgehead atoms. The highest BCUT2D eigenvalue weighted by Crippen LogP contribution is 2.35. The summed E-state index contributed by atoms with van der Waals surface area (Å²) in [5, 5.41) is 15.5. The Morgan fingerprint density at radius 1 is 1.53 bits per heavy atom. The number of aliphatic hydroxyl groups excluding tert-OH is 1. The first-order valence-electron chi connectivity index (χ1n) is 6.32. The Kier molecular flexibility index (Phi) is 5.26. The van der Waals surface area contributed by atoms with Crippen LogP contribution >= 0.6 is 24.4 Å². The van der Waals surface area contributed by atoms with Crippen LogP contribution in [0.15, 0.2) is 12.3 Å². The molecule has 3 N–H and O–H groups in total. The van der Waals surface area contributed by atoms with Crippen LogP contribution in [0.2, 0.25) is 0 Å². The molecule has 0 aliphatic carbocycles. The zero-order chi connectivity index (χ0) is 14.8. The van der Waals surface area contributed by atoms with Crippen LogP contribution < -0.4 is 10.6 Å². The van der Waals surface area contributed by atoms with Gasteiger partial charge in [0.2, 0.25) is 5.91 Å². The number of hydrogen-bond acceptors (Lipinski definition) is 5. The van der Waals surface area contributed by atoms with Crippen molar-refractivity contribution in [2.24, 2.45) is 5.41 Å². The van der Waals surface area contributed by atoms with Crippen molar-refractivity contribution < 1.29 is 9.90 Å². The van der Waals surface area contributed by atoms with E-state index in [-0.39, 0.29) is 28.5 Å². The molecule has 6 heteroatoms. The summed E-state index contributed by atoms with van der Waals surface area (Å²) in [7, 11) is 0. The van der Waals surface area contributed by atoms with E-state index in [1.54, 1.807) is 11.8 Å². The summed E-state index contributed by atoms with van der Waals surface area (Å²) in [6.45, 7) is 11.8. The molecule has 4 nitrogen and oxygen atoms in total. The third-order valence-electron chi connectivity index (χ3n) is 3.60. The molecule has 1 fully saturated rings. The average molecular weight is 304 g/mol. The molecule has 1 aliphatic rings. The maximum absolute atomic E-state index is 12.2. The molecule has 0 saturated carbocycles. The van der Waals surface area contributed by atoms with Gasteiger partial charge in [0.15, 0.2) is 0 Å². The highest BCUT2D eigenvalue weighted by molar-refractivity contribution is 8.00. The molecular formula is C13H24N2O2S2. The number of aliphatic hydroxyl groups is 1. The number of thioether (sulfide) groups is 1. The van der Waals surface area contributed by atoms with Gasteiger partial charge < -0.3 is 10.4 Å². The minimum Gasteiger partial charge on any atom is -0.511 e. The zero-order valence-corrected chi connectivity index (χ0v) is 13.7. The first kappa shape index (κ1) is 16.7. The molecule has 0 aromatic heterocycles. The highest BCUT2D eigenvalue weighted by Gasteiger charge is 2.41. The molecule has 19 heavy (non-hydrogen) atoms. The molecule has 1 saturated heterocycles. The molecule has 0 spiro atoms. The SMILES string of the molecule is C=C(O)C1CSC(CNC(=O)C(C)(S)C(C)(C)C)N1. The van der Waals surface area contributed by atoms with Crippen LogP contribution in [0.5, 0.6) is 0 Å². The van der Waals surface area contributed by atoms with Crippen molar-refractivity contribution in [3.8, 4) is 0 Å². The van der Waals surface area contributed by atoms with E-state index in [2.05, 4.69) is 29.8 Å². The van der Waals surface area contributed by atoms with Crippen molar-refractivity contribution in [2.45, 2.75) is 43.9 Å². The normalized spacial score (nSPS) is 26.8. The first-order chi connectivity index (χ1) is 8.55. The van der Waals surface area contributed by atoms with Crippen LogP contribution in [0.1, 0.15) is 27.7 Å². The molecule has 1 rings (SSSR count). The molecular weight excluding hydrogens is 280 g/mol. The third kappa shape index (κ3) is 4.07. The van der Waals surface area contributed by atoms with Crippen molar-refractivity contribution in [1.29, 1.82) is 0 Å². The second kappa shape index (κ2) is 5.97. The molecule has 0 radical (unpaired) electrons. The summed E-state index contributed by atoms with van der Waals surface area (Å²) in [5.74, 6) is 0.847. The lowest BCUT2D eigenvalue weighted by atomic mass is 9.80. The van der Waals surface area contributed by atoms with Crippen molar-refractivity contribution in [1.82, 2.24) is 10.6 Å². The number of thiol groups is 1. The van der Waals surface area contributed by atoms with Gasteiger partial charge >= 0.3 is 0 Å². The molecule has 1 aliphatic heterocycles. The highest BCUT2D eigenvalue weighted by atomic mass is 32.2. The fraction of sp³-hybridized carbons (Fsp3) is 0.769. The van der Waals surface area contributed by atoms with Crippen LogP contribution in [-0.4, -0.2) is 39.5 Å². The smallest absolute Gasteiger partial charge is 0.236 e. The summed E-state index contributed by atoms with van der Waals surface area (Å²) < 4.78 is -0.726. The Hall–Kier alpha value is -0.330. The zero-order valence-electron chi connectivity index (χ0n) is 12.0. The van der Waals surface area contributed by atoms with Crippen LogP contribution in [0.3, 0.4) is 0 Å². The second-order valence-corrected chi connectivity index (χ2v) is 8.19. The van der Waals surface area contributed by atoms with Gasteiger partial charge in [-0.1, -0.05) is 27.4 Å². The summed E-state index contributed by atoms with van der Waals surface area (Å²) in [6, 6.07) is -0.0862. The Labute approximate surface area is 125 Å². The van der Waals surface area contributed by atoms with Crippen molar-refractivity contribution >= 4 is 30.3 Å². The van der Waals surface area contributed by atoms with Gasteiger partial charge in [0.05, 0.1) is 16.2 Å². The van der Waals surface area contributed by atoms with Gasteiger partial charge in [0.1, 0.15) is 5.76 Å². The van der Waals surface area contributed by atoms with Crippen molar-refractivity contribution in [2.75, 3.05) is 12.3 Å². The fourth-order valence-corrected chi connectivity index (χ4v) is 2.80. The number of nitrogens with one attached hydrogen (secondary N) is 2. The molecule has 0 aromatic carbocycles. The summed E-state index contributed by atoms with van der Waals surface area (Å²) in [4.78, 5) is 12.2. The molecule has 0 aromatic rings. The second-order valence-electron chi connectivity index (χ2n) is 6.06. The maximum Gasteiger partial charge on any atom is 0.236 e. The van der Waals surface area contributed by atoms with Crippen LogP contribution in [-0.2, 0) is 4.79 Å². The predicted octanol–water partition coefficient (Wildman–Crippen LogP) is 1.94. The number of hydrogen-bond donors (Lipinski definition) is 4. The fourth-order valence-electron chi connectivity index (χ4n) is 1.54. The number of carbonyl (C=O) groups is 1. The molecule has 1 heterocycles. The summed E-state index contributed by atoms with van der Waals surface area (Å²) >= 11 is 6.16. The summed E-state index contributed by atoms with van der Waals surface area (Å²) in [6.07, 6.45) is 0. The predicted molar refractivity (Wildman–Crippen MR) is 84.8 cm³/mol. The van der Waals surface area contributed by atoms with E-state index < -0.39 is 4.75 Å². The quantitative estimate of drug-likeness (QED) is 0.473. The first-order valence-corrected chi connectivity index (χ1v) is 7.81. The van der Waals surface area contributed by atoms with Crippen LogP contribution in [0, 0.1) is 5.41 Å². The van der Waals surface area contributed by atoms with Crippen molar-refractivity contribution in [3.63, 3.8) is 0 Å². The van der Waals surface area contributed by atoms with E-state index in [4.69, 9.17) is 0 Å². The van der Waals surface area contributed by atoms with E-state index in [9.17, 15) is 9.90 Å². The van der Waals surface area contributed by atoms with Crippen LogP contribution in [0.4, 0.5) is 0 Å². The lowest BCUT2D eigenvalue weighted by Gasteiger charge is -2.36. The van der Waals surface area contributed by atoms with Gasteiger partial charge in [-0.2, -0.15) is 12.6 Å². The van der Waals surface area contributed by atoms with Crippen molar-refractivity contribution in [3.05, 3.63) is 12.3 Å². The minimum atomic E-state index is -0.726. The number of carbonyl (C=O) groups excluding carboxylic acids is 1. The summed E-state index contributed by atoms with van der Waals surface area (Å²) in [5.41, 5.74) is -0.224. The third-order valence-corrected chi connectivity index (χ3v) is 5.71. The van der Waals surface area contributed by atoms with E-state index >= 15 is 0 Å². The Morgan fingerprint density at radius 2 is 2.11 bits per heavy atom. The monoisotopic (exact) mass is 304 g/mol. The van der Waals surface area contributed by atoms with Gasteiger partial charge in [0.25, 0.3) is 0 Å². The number of amides is 1. The van der Waals surface area contributed by atoms with E-state index in [1.807, 2.05) is 27.7 Å². The van der Waals surface area contributed by atoms with Gasteiger partial charge in [-0.05, 0) is 12.3 Å². The molecule has 1 amide bonds. The van der Waals surface area contributed by atoms with Gasteiger partial charge in [0, 0.05) is 12.3 Å². The molecule has 3 unspecified atom stereocenters. The molecule has 3 atom stereocenters. The average Bonchev–Trinajstić information content (AvgIpc) is 2.72. The topological polar surface area (TPSA) is 61.4 Å². The van der Waals surface area contributed by atoms with E-state index in [0.29, 0.717) is 6.54 Å². The van der Waals surface area contributed by atoms with Gasteiger partial charge in [-0.15, -0.1) is 11.8 Å². The maximum atomic E-state index is 12.2. The Bertz CT molecular complexity index is 364.